The van der Waals surface area contributed by atoms with E-state index in [0.717, 1.165) is 0 Å². The van der Waals surface area contributed by atoms with Gasteiger partial charge in [0, 0.05) is 12.4 Å². The SMILES string of the molecule is O=C(C(=O)c1ccnc(-c2nc3ccccc3c(=O)o2)n1)c1ccnc(-c2nc3ccccc3c(=O)o2)n1. The van der Waals surface area contributed by atoms with Crippen molar-refractivity contribution in [2.45, 2.75) is 0 Å². The van der Waals surface area contributed by atoms with Crippen molar-refractivity contribution in [1.82, 2.24) is 29.9 Å². The Bertz CT molecular complexity index is 1890. The molecule has 0 aliphatic heterocycles. The third-order valence-electron chi connectivity index (χ3n) is 5.44. The minimum absolute atomic E-state index is 0.156. The molecule has 12 heteroatoms. The number of carbonyl (C=O) groups excluding carboxylic acids is 2. The smallest absolute Gasteiger partial charge is 0.347 e. The first kappa shape index (κ1) is 22.7. The van der Waals surface area contributed by atoms with Crippen molar-refractivity contribution in [3.05, 3.63) is 105 Å². The van der Waals surface area contributed by atoms with Gasteiger partial charge in [0.15, 0.2) is 0 Å². The van der Waals surface area contributed by atoms with E-state index in [1.54, 1.807) is 48.5 Å². The summed E-state index contributed by atoms with van der Waals surface area (Å²) in [6, 6.07) is 15.6. The number of ketones is 2. The summed E-state index contributed by atoms with van der Waals surface area (Å²) in [4.78, 5) is 75.2. The van der Waals surface area contributed by atoms with Gasteiger partial charge in [-0.05, 0) is 36.4 Å². The monoisotopic (exact) mass is 504 g/mol. The standard InChI is InChI=1S/C26H12N6O6/c33-19(17-9-11-27-21(29-17)23-31-15-7-3-1-5-13(15)25(35)37-23)20(34)18-10-12-28-22(30-18)24-32-16-8-4-2-6-14(16)26(36)38-24/h1-12H. The zero-order valence-electron chi connectivity index (χ0n) is 19.1. The van der Waals surface area contributed by atoms with Gasteiger partial charge in [-0.25, -0.2) is 39.5 Å². The van der Waals surface area contributed by atoms with Crippen LogP contribution in [0.4, 0.5) is 0 Å². The van der Waals surface area contributed by atoms with E-state index in [2.05, 4.69) is 29.9 Å². The molecule has 0 spiro atoms. The molecule has 0 aliphatic carbocycles. The van der Waals surface area contributed by atoms with Gasteiger partial charge in [0.05, 0.1) is 21.8 Å². The van der Waals surface area contributed by atoms with Gasteiger partial charge in [0.25, 0.3) is 23.3 Å². The van der Waals surface area contributed by atoms with Crippen LogP contribution in [0.3, 0.4) is 0 Å². The number of benzene rings is 2. The molecule has 0 bridgehead atoms. The summed E-state index contributed by atoms with van der Waals surface area (Å²) in [5, 5.41) is 0.546. The number of hydrogen-bond acceptors (Lipinski definition) is 12. The lowest BCUT2D eigenvalue weighted by molar-refractivity contribution is 0.0811. The van der Waals surface area contributed by atoms with Gasteiger partial charge >= 0.3 is 11.3 Å². The number of nitrogens with zero attached hydrogens (tertiary/aromatic N) is 6. The van der Waals surface area contributed by atoms with Crippen LogP contribution in [0, 0.1) is 0 Å². The van der Waals surface area contributed by atoms with Crippen LogP contribution in [0.1, 0.15) is 21.0 Å². The number of aromatic nitrogens is 6. The molecule has 4 aromatic heterocycles. The molecule has 0 unspecified atom stereocenters. The highest BCUT2D eigenvalue weighted by atomic mass is 16.4. The van der Waals surface area contributed by atoms with E-state index in [1.807, 2.05) is 0 Å². The third-order valence-corrected chi connectivity index (χ3v) is 5.44. The van der Waals surface area contributed by atoms with E-state index in [4.69, 9.17) is 8.83 Å². The fourth-order valence-corrected chi connectivity index (χ4v) is 3.64. The maximum atomic E-state index is 13.0. The minimum Gasteiger partial charge on any atom is -0.400 e. The Morgan fingerprint density at radius 1 is 0.553 bits per heavy atom. The molecular formula is C26H12N6O6. The van der Waals surface area contributed by atoms with Gasteiger partial charge in [-0.15, -0.1) is 0 Å². The summed E-state index contributed by atoms with van der Waals surface area (Å²) in [6.07, 6.45) is 2.47. The molecule has 0 amide bonds. The quantitative estimate of drug-likeness (QED) is 0.248. The second-order valence-electron chi connectivity index (χ2n) is 7.84. The number of carbonyl (C=O) groups is 2. The Morgan fingerprint density at radius 3 is 1.42 bits per heavy atom. The summed E-state index contributed by atoms with van der Waals surface area (Å²) in [5.41, 5.74) is -1.12. The van der Waals surface area contributed by atoms with Crippen LogP contribution >= 0.6 is 0 Å². The molecule has 0 radical (unpaired) electrons. The molecule has 0 fully saturated rings. The molecule has 6 rings (SSSR count). The predicted octanol–water partition coefficient (Wildman–Crippen LogP) is 2.67. The number of rotatable bonds is 5. The van der Waals surface area contributed by atoms with Gasteiger partial charge in [0.1, 0.15) is 11.4 Å². The molecule has 0 aliphatic rings. The van der Waals surface area contributed by atoms with Crippen molar-refractivity contribution in [3.63, 3.8) is 0 Å². The molecule has 12 nitrogen and oxygen atoms in total. The van der Waals surface area contributed by atoms with Crippen molar-refractivity contribution in [2.75, 3.05) is 0 Å². The lowest BCUT2D eigenvalue weighted by Crippen LogP contribution is -2.18. The van der Waals surface area contributed by atoms with Gasteiger partial charge < -0.3 is 8.83 Å². The molecule has 4 heterocycles. The van der Waals surface area contributed by atoms with Crippen molar-refractivity contribution >= 4 is 33.4 Å². The molecule has 38 heavy (non-hydrogen) atoms. The van der Waals surface area contributed by atoms with Crippen molar-refractivity contribution in [3.8, 4) is 23.4 Å². The highest BCUT2D eigenvalue weighted by molar-refractivity contribution is 6.48. The number of hydrogen-bond donors (Lipinski definition) is 0. The number of fused-ring (bicyclic) bond motifs is 2. The summed E-state index contributed by atoms with van der Waals surface area (Å²) in [6.45, 7) is 0. The molecule has 2 aromatic carbocycles. The summed E-state index contributed by atoms with van der Waals surface area (Å²) >= 11 is 0. The van der Waals surface area contributed by atoms with Crippen LogP contribution in [0.15, 0.2) is 91.5 Å². The minimum atomic E-state index is -1.01. The molecule has 0 saturated carbocycles. The third kappa shape index (κ3) is 4.01. The number of para-hydroxylation sites is 2. The van der Waals surface area contributed by atoms with E-state index in [0.29, 0.717) is 11.0 Å². The first-order chi connectivity index (χ1) is 18.5. The van der Waals surface area contributed by atoms with Gasteiger partial charge in [-0.1, -0.05) is 24.3 Å². The van der Waals surface area contributed by atoms with E-state index in [1.165, 1.54) is 24.5 Å². The average molecular weight is 504 g/mol. The first-order valence-corrected chi connectivity index (χ1v) is 11.0. The normalized spacial score (nSPS) is 11.1. The average Bonchev–Trinajstić information content (AvgIpc) is 2.96. The van der Waals surface area contributed by atoms with Crippen LogP contribution in [0.2, 0.25) is 0 Å². The van der Waals surface area contributed by atoms with E-state index in [-0.39, 0.29) is 45.6 Å². The Hall–Kier alpha value is -5.78. The lowest BCUT2D eigenvalue weighted by atomic mass is 10.1. The zero-order valence-corrected chi connectivity index (χ0v) is 19.1. The predicted molar refractivity (Wildman–Crippen MR) is 131 cm³/mol. The molecule has 0 N–H and O–H groups in total. The van der Waals surface area contributed by atoms with Crippen LogP contribution in [0.5, 0.6) is 0 Å². The Labute approximate surface area is 210 Å². The van der Waals surface area contributed by atoms with Crippen molar-refractivity contribution in [1.29, 1.82) is 0 Å². The highest BCUT2D eigenvalue weighted by Gasteiger charge is 2.24. The molecule has 182 valence electrons. The number of Topliss-reactive ketones (excluding diaryl/α,β-unsaturated/α-hetero) is 2. The zero-order chi connectivity index (χ0) is 26.2. The fraction of sp³-hybridized carbons (Fsp3) is 0. The maximum Gasteiger partial charge on any atom is 0.347 e. The van der Waals surface area contributed by atoms with Gasteiger partial charge in [-0.3, -0.25) is 9.59 Å². The first-order valence-electron chi connectivity index (χ1n) is 11.0. The topological polar surface area (TPSA) is 172 Å². The van der Waals surface area contributed by atoms with Crippen molar-refractivity contribution < 1.29 is 18.4 Å². The molecular weight excluding hydrogens is 492 g/mol. The van der Waals surface area contributed by atoms with Crippen molar-refractivity contribution in [2.24, 2.45) is 0 Å². The molecule has 6 aromatic rings. The van der Waals surface area contributed by atoms with Crippen LogP contribution in [-0.2, 0) is 0 Å². The summed E-state index contributed by atoms with van der Waals surface area (Å²) < 4.78 is 10.4. The second-order valence-corrected chi connectivity index (χ2v) is 7.84. The van der Waals surface area contributed by atoms with Gasteiger partial charge in [0.2, 0.25) is 11.6 Å². The largest absolute Gasteiger partial charge is 0.400 e. The summed E-state index contributed by atoms with van der Waals surface area (Å²) in [5.74, 6) is -2.74. The summed E-state index contributed by atoms with van der Waals surface area (Å²) in [7, 11) is 0. The Balaban J connectivity index is 1.33. The van der Waals surface area contributed by atoms with Crippen LogP contribution < -0.4 is 11.3 Å². The Morgan fingerprint density at radius 2 is 0.974 bits per heavy atom. The molecule has 0 saturated heterocycles. The van der Waals surface area contributed by atoms with Gasteiger partial charge in [-0.2, -0.15) is 0 Å². The van der Waals surface area contributed by atoms with Crippen LogP contribution in [0.25, 0.3) is 45.2 Å². The van der Waals surface area contributed by atoms with E-state index >= 15 is 0 Å². The van der Waals surface area contributed by atoms with E-state index < -0.39 is 22.8 Å². The maximum absolute atomic E-state index is 13.0. The highest BCUT2D eigenvalue weighted by Crippen LogP contribution is 2.17. The second kappa shape index (κ2) is 9.02. The van der Waals surface area contributed by atoms with Crippen LogP contribution in [-0.4, -0.2) is 41.5 Å². The lowest BCUT2D eigenvalue weighted by Gasteiger charge is -2.04. The molecule has 0 atom stereocenters. The Kier molecular flexibility index (Phi) is 5.38. The van der Waals surface area contributed by atoms with E-state index in [9.17, 15) is 19.2 Å². The fourth-order valence-electron chi connectivity index (χ4n) is 3.64.